The predicted molar refractivity (Wildman–Crippen MR) is 56.4 cm³/mol. The molecule has 1 atom stereocenters. The zero-order valence-corrected chi connectivity index (χ0v) is 9.36. The van der Waals surface area contributed by atoms with Gasteiger partial charge in [0.1, 0.15) is 5.92 Å². The molecule has 0 aromatic carbocycles. The molecule has 2 fully saturated rings. The van der Waals surface area contributed by atoms with Gasteiger partial charge < -0.3 is 0 Å². The molecule has 88 valence electrons. The van der Waals surface area contributed by atoms with E-state index < -0.39 is 17.9 Å². The lowest BCUT2D eigenvalue weighted by Crippen LogP contribution is -2.62. The lowest BCUT2D eigenvalue weighted by atomic mass is 9.89. The van der Waals surface area contributed by atoms with Crippen molar-refractivity contribution in [3.63, 3.8) is 0 Å². The Labute approximate surface area is 94.2 Å². The second-order valence-electron chi connectivity index (χ2n) is 4.43. The SMILES string of the molecule is CCCC1C(=O)NC(=O)N(C2CCC2)C1=O. The van der Waals surface area contributed by atoms with Crippen molar-refractivity contribution in [1.82, 2.24) is 10.2 Å². The van der Waals surface area contributed by atoms with Crippen molar-refractivity contribution in [3.05, 3.63) is 0 Å². The number of barbiturate groups is 1. The normalized spacial score (nSPS) is 26.7. The van der Waals surface area contributed by atoms with Crippen LogP contribution in [0, 0.1) is 5.92 Å². The summed E-state index contributed by atoms with van der Waals surface area (Å²) in [6.45, 7) is 1.92. The number of nitrogens with zero attached hydrogens (tertiary/aromatic N) is 1. The van der Waals surface area contributed by atoms with Crippen molar-refractivity contribution in [1.29, 1.82) is 0 Å². The summed E-state index contributed by atoms with van der Waals surface area (Å²) in [6, 6.07) is -0.521. The number of rotatable bonds is 3. The number of nitrogens with one attached hydrogen (secondary N) is 1. The zero-order chi connectivity index (χ0) is 11.7. The Morgan fingerprint density at radius 1 is 1.31 bits per heavy atom. The summed E-state index contributed by atoms with van der Waals surface area (Å²) in [6.07, 6.45) is 4.06. The summed E-state index contributed by atoms with van der Waals surface area (Å²) >= 11 is 0. The molecule has 16 heavy (non-hydrogen) atoms. The van der Waals surface area contributed by atoms with Crippen molar-refractivity contribution in [2.45, 2.75) is 45.1 Å². The Balaban J connectivity index is 2.15. The van der Waals surface area contributed by atoms with Gasteiger partial charge in [-0.3, -0.25) is 19.8 Å². The van der Waals surface area contributed by atoms with Gasteiger partial charge in [-0.2, -0.15) is 0 Å². The number of imide groups is 2. The minimum Gasteiger partial charge on any atom is -0.277 e. The van der Waals surface area contributed by atoms with E-state index in [-0.39, 0.29) is 11.9 Å². The minimum absolute atomic E-state index is 0.0138. The van der Waals surface area contributed by atoms with Crippen molar-refractivity contribution < 1.29 is 14.4 Å². The van der Waals surface area contributed by atoms with E-state index >= 15 is 0 Å². The summed E-state index contributed by atoms with van der Waals surface area (Å²) in [7, 11) is 0. The Hall–Kier alpha value is -1.39. The molecule has 0 radical (unpaired) electrons. The molecule has 0 spiro atoms. The van der Waals surface area contributed by atoms with E-state index in [9.17, 15) is 14.4 Å². The van der Waals surface area contributed by atoms with E-state index in [2.05, 4.69) is 5.32 Å². The van der Waals surface area contributed by atoms with Gasteiger partial charge >= 0.3 is 6.03 Å². The summed E-state index contributed by atoms with van der Waals surface area (Å²) in [5.74, 6) is -1.41. The maximum absolute atomic E-state index is 12.0. The molecule has 1 heterocycles. The van der Waals surface area contributed by atoms with Crippen molar-refractivity contribution in [2.75, 3.05) is 0 Å². The Morgan fingerprint density at radius 3 is 2.50 bits per heavy atom. The van der Waals surface area contributed by atoms with Crippen molar-refractivity contribution in [3.8, 4) is 0 Å². The summed E-state index contributed by atoms with van der Waals surface area (Å²) < 4.78 is 0. The Morgan fingerprint density at radius 2 is 2.00 bits per heavy atom. The second-order valence-corrected chi connectivity index (χ2v) is 4.43. The van der Waals surface area contributed by atoms with Gasteiger partial charge in [0.05, 0.1) is 0 Å². The van der Waals surface area contributed by atoms with E-state index in [1.165, 1.54) is 4.90 Å². The van der Waals surface area contributed by atoms with Gasteiger partial charge in [0.15, 0.2) is 0 Å². The Kier molecular flexibility index (Phi) is 2.94. The van der Waals surface area contributed by atoms with Crippen LogP contribution < -0.4 is 5.32 Å². The van der Waals surface area contributed by atoms with Gasteiger partial charge in [-0.1, -0.05) is 13.3 Å². The fourth-order valence-corrected chi connectivity index (χ4v) is 2.17. The second kappa shape index (κ2) is 4.23. The van der Waals surface area contributed by atoms with Gasteiger partial charge in [0.25, 0.3) is 0 Å². The van der Waals surface area contributed by atoms with E-state index in [0.717, 1.165) is 25.7 Å². The standard InChI is InChI=1S/C11H16N2O3/c1-2-4-8-9(14)12-11(16)13(10(8)15)7-5-3-6-7/h7-8H,2-6H2,1H3,(H,12,14,16). The topological polar surface area (TPSA) is 66.5 Å². The van der Waals surface area contributed by atoms with Crippen LogP contribution in [0.25, 0.3) is 0 Å². The third kappa shape index (κ3) is 1.70. The molecule has 1 N–H and O–H groups in total. The molecular weight excluding hydrogens is 208 g/mol. The minimum atomic E-state index is -0.664. The fourth-order valence-electron chi connectivity index (χ4n) is 2.17. The first-order valence-corrected chi connectivity index (χ1v) is 5.83. The third-order valence-electron chi connectivity index (χ3n) is 3.32. The van der Waals surface area contributed by atoms with Crippen molar-refractivity contribution >= 4 is 17.8 Å². The highest BCUT2D eigenvalue weighted by molar-refractivity contribution is 6.16. The highest BCUT2D eigenvalue weighted by Gasteiger charge is 2.44. The number of hydrogen-bond donors (Lipinski definition) is 1. The Bertz CT molecular complexity index is 336. The molecule has 1 unspecified atom stereocenters. The highest BCUT2D eigenvalue weighted by atomic mass is 16.2. The highest BCUT2D eigenvalue weighted by Crippen LogP contribution is 2.28. The van der Waals surface area contributed by atoms with Gasteiger partial charge in [-0.15, -0.1) is 0 Å². The van der Waals surface area contributed by atoms with E-state index in [4.69, 9.17) is 0 Å². The molecule has 5 heteroatoms. The monoisotopic (exact) mass is 224 g/mol. The lowest BCUT2D eigenvalue weighted by Gasteiger charge is -2.39. The molecule has 1 saturated carbocycles. The molecule has 1 aliphatic carbocycles. The first-order chi connectivity index (χ1) is 7.65. The van der Waals surface area contributed by atoms with Crippen LogP contribution in [0.1, 0.15) is 39.0 Å². The van der Waals surface area contributed by atoms with Crippen LogP contribution >= 0.6 is 0 Å². The van der Waals surface area contributed by atoms with Crippen molar-refractivity contribution in [2.24, 2.45) is 5.92 Å². The van der Waals surface area contributed by atoms with E-state index in [0.29, 0.717) is 6.42 Å². The molecule has 2 rings (SSSR count). The molecular formula is C11H16N2O3. The van der Waals surface area contributed by atoms with E-state index in [1.807, 2.05) is 6.92 Å². The predicted octanol–water partition coefficient (Wildman–Crippen LogP) is 1.03. The first kappa shape index (κ1) is 11.1. The maximum Gasteiger partial charge on any atom is 0.331 e. The molecule has 0 aromatic heterocycles. The van der Waals surface area contributed by atoms with Crippen LogP contribution in [0.15, 0.2) is 0 Å². The quantitative estimate of drug-likeness (QED) is 0.728. The van der Waals surface area contributed by atoms with Crippen LogP contribution in [-0.4, -0.2) is 28.8 Å². The number of carbonyl (C=O) groups excluding carboxylic acids is 3. The van der Waals surface area contributed by atoms with Crippen LogP contribution in [0.4, 0.5) is 4.79 Å². The number of carbonyl (C=O) groups is 3. The van der Waals surface area contributed by atoms with Crippen LogP contribution in [0.2, 0.25) is 0 Å². The molecule has 0 bridgehead atoms. The van der Waals surface area contributed by atoms with Crippen LogP contribution in [-0.2, 0) is 9.59 Å². The maximum atomic E-state index is 12.0. The fraction of sp³-hybridized carbons (Fsp3) is 0.727. The number of urea groups is 1. The average Bonchev–Trinajstić information content (AvgIpc) is 2.16. The molecule has 2 aliphatic rings. The smallest absolute Gasteiger partial charge is 0.277 e. The van der Waals surface area contributed by atoms with Gasteiger partial charge in [-0.05, 0) is 25.7 Å². The lowest BCUT2D eigenvalue weighted by molar-refractivity contribution is -0.145. The van der Waals surface area contributed by atoms with E-state index in [1.54, 1.807) is 0 Å². The van der Waals surface area contributed by atoms with Gasteiger partial charge in [0.2, 0.25) is 11.8 Å². The van der Waals surface area contributed by atoms with Gasteiger partial charge in [0, 0.05) is 6.04 Å². The molecule has 1 saturated heterocycles. The molecule has 1 aliphatic heterocycles. The summed E-state index contributed by atoms with van der Waals surface area (Å²) in [4.78, 5) is 36.3. The van der Waals surface area contributed by atoms with Gasteiger partial charge in [-0.25, -0.2) is 4.79 Å². The third-order valence-corrected chi connectivity index (χ3v) is 3.32. The van der Waals surface area contributed by atoms with Crippen LogP contribution in [0.5, 0.6) is 0 Å². The molecule has 0 aromatic rings. The first-order valence-electron chi connectivity index (χ1n) is 5.83. The van der Waals surface area contributed by atoms with Crippen LogP contribution in [0.3, 0.4) is 0 Å². The largest absolute Gasteiger partial charge is 0.331 e. The summed E-state index contributed by atoms with van der Waals surface area (Å²) in [5, 5.41) is 2.27. The summed E-state index contributed by atoms with van der Waals surface area (Å²) in [5.41, 5.74) is 0. The number of amides is 4. The molecule has 4 amide bonds. The molecule has 5 nitrogen and oxygen atoms in total. The zero-order valence-electron chi connectivity index (χ0n) is 9.36. The number of hydrogen-bond acceptors (Lipinski definition) is 3. The average molecular weight is 224 g/mol.